The highest BCUT2D eigenvalue weighted by Gasteiger charge is 2.29. The second-order valence-electron chi connectivity index (χ2n) is 7.07. The van der Waals surface area contributed by atoms with Gasteiger partial charge >= 0.3 is 12.1 Å². The van der Waals surface area contributed by atoms with Crippen LogP contribution in [0.15, 0.2) is 48.5 Å². The molecule has 0 bridgehead atoms. The highest BCUT2D eigenvalue weighted by atomic mass is 16.5. The minimum Gasteiger partial charge on any atom is -0.480 e. The predicted molar refractivity (Wildman–Crippen MR) is 107 cm³/mol. The highest BCUT2D eigenvalue weighted by Crippen LogP contribution is 2.44. The smallest absolute Gasteiger partial charge is 0.407 e. The van der Waals surface area contributed by atoms with Crippen LogP contribution in [0.2, 0.25) is 0 Å². The molecule has 2 aromatic carbocycles. The SMILES string of the molecule is C[C@H](O)CCOC[C@H](NC(=O)OCC1c2ccccc2-c2ccccc21)C(=O)O. The molecular formula is C22H25NO6. The van der Waals surface area contributed by atoms with E-state index in [1.165, 1.54) is 0 Å². The van der Waals surface area contributed by atoms with Crippen molar-refractivity contribution >= 4 is 12.1 Å². The lowest BCUT2D eigenvalue weighted by atomic mass is 9.98. The third-order valence-corrected chi connectivity index (χ3v) is 4.90. The van der Waals surface area contributed by atoms with E-state index < -0.39 is 24.2 Å². The Morgan fingerprint density at radius 2 is 1.66 bits per heavy atom. The van der Waals surface area contributed by atoms with Crippen LogP contribution in [0.5, 0.6) is 0 Å². The van der Waals surface area contributed by atoms with Crippen molar-refractivity contribution in [2.45, 2.75) is 31.4 Å². The van der Waals surface area contributed by atoms with Crippen LogP contribution in [-0.4, -0.2) is 54.2 Å². The minimum atomic E-state index is -1.22. The minimum absolute atomic E-state index is 0.0984. The van der Waals surface area contributed by atoms with E-state index in [9.17, 15) is 19.8 Å². The number of hydrogen-bond acceptors (Lipinski definition) is 5. The van der Waals surface area contributed by atoms with Crippen LogP contribution >= 0.6 is 0 Å². The van der Waals surface area contributed by atoms with E-state index >= 15 is 0 Å². The van der Waals surface area contributed by atoms with Crippen LogP contribution in [0.1, 0.15) is 30.4 Å². The number of hydrogen-bond donors (Lipinski definition) is 3. The second-order valence-corrected chi connectivity index (χ2v) is 7.07. The zero-order valence-electron chi connectivity index (χ0n) is 16.2. The number of aliphatic carboxylic acids is 1. The molecule has 1 amide bonds. The lowest BCUT2D eigenvalue weighted by Crippen LogP contribution is -2.44. The summed E-state index contributed by atoms with van der Waals surface area (Å²) in [6.45, 7) is 1.72. The van der Waals surface area contributed by atoms with Crippen molar-refractivity contribution in [3.63, 3.8) is 0 Å². The fourth-order valence-electron chi connectivity index (χ4n) is 3.41. The van der Waals surface area contributed by atoms with Crippen molar-refractivity contribution in [2.24, 2.45) is 0 Å². The average molecular weight is 399 g/mol. The Labute approximate surface area is 169 Å². The van der Waals surface area contributed by atoms with Crippen LogP contribution in [0.25, 0.3) is 11.1 Å². The van der Waals surface area contributed by atoms with E-state index in [0.717, 1.165) is 22.3 Å². The van der Waals surface area contributed by atoms with Gasteiger partial charge in [-0.25, -0.2) is 9.59 Å². The lowest BCUT2D eigenvalue weighted by Gasteiger charge is -2.17. The van der Waals surface area contributed by atoms with Crippen molar-refractivity contribution < 1.29 is 29.3 Å². The molecule has 0 aromatic heterocycles. The van der Waals surface area contributed by atoms with Crippen molar-refractivity contribution in [3.05, 3.63) is 59.7 Å². The summed E-state index contributed by atoms with van der Waals surface area (Å²) in [4.78, 5) is 23.5. The first kappa shape index (κ1) is 20.8. The topological polar surface area (TPSA) is 105 Å². The van der Waals surface area contributed by atoms with Crippen molar-refractivity contribution in [3.8, 4) is 11.1 Å². The number of carboxylic acid groups (broad SMARTS) is 1. The Morgan fingerprint density at radius 1 is 1.07 bits per heavy atom. The van der Waals surface area contributed by atoms with Crippen molar-refractivity contribution in [2.75, 3.05) is 19.8 Å². The lowest BCUT2D eigenvalue weighted by molar-refractivity contribution is -0.141. The molecule has 0 radical (unpaired) electrons. The van der Waals surface area contributed by atoms with Crippen molar-refractivity contribution in [1.82, 2.24) is 5.32 Å². The second kappa shape index (κ2) is 9.54. The number of rotatable bonds is 9. The first-order chi connectivity index (χ1) is 14.0. The number of aliphatic hydroxyl groups is 1. The number of carbonyl (C=O) groups excluding carboxylic acids is 1. The molecule has 3 N–H and O–H groups in total. The summed E-state index contributed by atoms with van der Waals surface area (Å²) >= 11 is 0. The van der Waals surface area contributed by atoms with E-state index in [-0.39, 0.29) is 25.7 Å². The van der Waals surface area contributed by atoms with Gasteiger partial charge in [-0.1, -0.05) is 48.5 Å². The molecule has 0 saturated carbocycles. The van der Waals surface area contributed by atoms with Gasteiger partial charge in [-0.3, -0.25) is 0 Å². The summed E-state index contributed by atoms with van der Waals surface area (Å²) in [5.74, 6) is -1.31. The number of fused-ring (bicyclic) bond motifs is 3. The molecule has 3 rings (SSSR count). The normalized spacial score (nSPS) is 14.6. The van der Waals surface area contributed by atoms with E-state index in [1.54, 1.807) is 6.92 Å². The molecule has 7 nitrogen and oxygen atoms in total. The molecule has 29 heavy (non-hydrogen) atoms. The average Bonchev–Trinajstić information content (AvgIpc) is 3.02. The van der Waals surface area contributed by atoms with Crippen LogP contribution in [0, 0.1) is 0 Å². The van der Waals surface area contributed by atoms with Crippen LogP contribution in [-0.2, 0) is 14.3 Å². The first-order valence-corrected chi connectivity index (χ1v) is 9.57. The summed E-state index contributed by atoms with van der Waals surface area (Å²) in [5.41, 5.74) is 4.40. The fourth-order valence-corrected chi connectivity index (χ4v) is 3.41. The summed E-state index contributed by atoms with van der Waals surface area (Å²) in [7, 11) is 0. The molecule has 0 spiro atoms. The summed E-state index contributed by atoms with van der Waals surface area (Å²) in [5, 5.41) is 20.8. The molecule has 1 aliphatic rings. The van der Waals surface area contributed by atoms with Gasteiger partial charge < -0.3 is 25.0 Å². The Balaban J connectivity index is 1.58. The number of carbonyl (C=O) groups is 2. The Bertz CT molecular complexity index is 820. The van der Waals surface area contributed by atoms with Crippen molar-refractivity contribution in [1.29, 1.82) is 0 Å². The summed E-state index contributed by atoms with van der Waals surface area (Å²) < 4.78 is 10.6. The van der Waals surface area contributed by atoms with Gasteiger partial charge in [0.2, 0.25) is 0 Å². The molecule has 0 unspecified atom stereocenters. The van der Waals surface area contributed by atoms with E-state index in [0.29, 0.717) is 6.42 Å². The molecule has 2 aromatic rings. The van der Waals surface area contributed by atoms with Gasteiger partial charge in [0.15, 0.2) is 6.04 Å². The molecular weight excluding hydrogens is 374 g/mol. The maximum absolute atomic E-state index is 12.2. The summed E-state index contributed by atoms with van der Waals surface area (Å²) in [6.07, 6.45) is -0.955. The van der Waals surface area contributed by atoms with Gasteiger partial charge in [-0.15, -0.1) is 0 Å². The number of alkyl carbamates (subject to hydrolysis) is 1. The maximum Gasteiger partial charge on any atom is 0.407 e. The Hall–Kier alpha value is -2.90. The van der Waals surface area contributed by atoms with E-state index in [4.69, 9.17) is 9.47 Å². The highest BCUT2D eigenvalue weighted by molar-refractivity contribution is 5.81. The fraction of sp³-hybridized carbons (Fsp3) is 0.364. The Kier molecular flexibility index (Phi) is 6.85. The van der Waals surface area contributed by atoms with Gasteiger partial charge in [0, 0.05) is 12.5 Å². The molecule has 154 valence electrons. The molecule has 0 aliphatic heterocycles. The number of ether oxygens (including phenoxy) is 2. The van der Waals surface area contributed by atoms with Gasteiger partial charge in [-0.2, -0.15) is 0 Å². The number of aliphatic hydroxyl groups excluding tert-OH is 1. The predicted octanol–water partition coefficient (Wildman–Crippen LogP) is 2.77. The number of nitrogens with one attached hydrogen (secondary N) is 1. The molecule has 7 heteroatoms. The molecule has 0 saturated heterocycles. The van der Waals surface area contributed by atoms with Gasteiger partial charge in [0.1, 0.15) is 6.61 Å². The summed E-state index contributed by atoms with van der Waals surface area (Å²) in [6, 6.07) is 14.7. The zero-order chi connectivity index (χ0) is 20.8. The number of amides is 1. The Morgan fingerprint density at radius 3 is 2.21 bits per heavy atom. The van der Waals surface area contributed by atoms with Gasteiger partial charge in [0.05, 0.1) is 12.7 Å². The van der Waals surface area contributed by atoms with Crippen LogP contribution in [0.3, 0.4) is 0 Å². The van der Waals surface area contributed by atoms with E-state index in [1.807, 2.05) is 48.5 Å². The quantitative estimate of drug-likeness (QED) is 0.560. The monoisotopic (exact) mass is 399 g/mol. The molecule has 1 aliphatic carbocycles. The zero-order valence-corrected chi connectivity index (χ0v) is 16.2. The molecule has 0 heterocycles. The maximum atomic E-state index is 12.2. The van der Waals surface area contributed by atoms with Gasteiger partial charge in [-0.05, 0) is 35.6 Å². The molecule has 0 fully saturated rings. The molecule has 2 atom stereocenters. The third-order valence-electron chi connectivity index (χ3n) is 4.90. The van der Waals surface area contributed by atoms with Gasteiger partial charge in [0.25, 0.3) is 0 Å². The van der Waals surface area contributed by atoms with Crippen LogP contribution < -0.4 is 5.32 Å². The largest absolute Gasteiger partial charge is 0.480 e. The van der Waals surface area contributed by atoms with Crippen LogP contribution in [0.4, 0.5) is 4.79 Å². The van der Waals surface area contributed by atoms with E-state index in [2.05, 4.69) is 5.32 Å². The first-order valence-electron chi connectivity index (χ1n) is 9.57. The third kappa shape index (κ3) is 5.13. The standard InChI is InChI=1S/C22H25NO6/c1-14(24)10-11-28-13-20(21(25)26)23-22(27)29-12-19-17-8-4-2-6-15(17)16-7-3-5-9-18(16)19/h2-9,14,19-20,24H,10-13H2,1H3,(H,23,27)(H,25,26)/t14-,20-/m0/s1. The number of carboxylic acids is 1. The number of benzene rings is 2.